The van der Waals surface area contributed by atoms with Crippen LogP contribution in [0.1, 0.15) is 64.7 Å². The third-order valence-electron chi connectivity index (χ3n) is 2.90. The van der Waals surface area contributed by atoms with Gasteiger partial charge in [0.1, 0.15) is 9.84 Å². The predicted molar refractivity (Wildman–Crippen MR) is 79.7 cm³/mol. The maximum absolute atomic E-state index is 11.5. The molecule has 0 bridgehead atoms. The summed E-state index contributed by atoms with van der Waals surface area (Å²) in [6.07, 6.45) is 10.4. The van der Waals surface area contributed by atoms with Crippen molar-refractivity contribution in [3.8, 4) is 0 Å². The highest BCUT2D eigenvalue weighted by Gasteiger charge is 2.08. The molecule has 0 radical (unpaired) electrons. The van der Waals surface area contributed by atoms with E-state index < -0.39 is 9.84 Å². The van der Waals surface area contributed by atoms with Crippen molar-refractivity contribution >= 4 is 25.8 Å². The van der Waals surface area contributed by atoms with Crippen LogP contribution >= 0.6 is 15.9 Å². The number of halogens is 1. The zero-order valence-corrected chi connectivity index (χ0v) is 13.5. The summed E-state index contributed by atoms with van der Waals surface area (Å²) in [6, 6.07) is 0. The van der Waals surface area contributed by atoms with Crippen molar-refractivity contribution in [3.05, 3.63) is 0 Å². The number of sulfone groups is 1. The molecule has 0 aliphatic heterocycles. The van der Waals surface area contributed by atoms with Crippen LogP contribution in [0.15, 0.2) is 0 Å². The molecule has 0 saturated heterocycles. The van der Waals surface area contributed by atoms with E-state index in [4.69, 9.17) is 0 Å². The first-order valence-electron chi connectivity index (χ1n) is 6.89. The fourth-order valence-electron chi connectivity index (χ4n) is 1.83. The van der Waals surface area contributed by atoms with E-state index in [9.17, 15) is 8.42 Å². The van der Waals surface area contributed by atoms with Crippen LogP contribution < -0.4 is 0 Å². The van der Waals surface area contributed by atoms with Crippen molar-refractivity contribution in [1.82, 2.24) is 0 Å². The molecule has 0 aliphatic carbocycles. The van der Waals surface area contributed by atoms with Crippen molar-refractivity contribution < 1.29 is 8.42 Å². The number of alkyl halides is 1. The van der Waals surface area contributed by atoms with Gasteiger partial charge in [0, 0.05) is 5.33 Å². The smallest absolute Gasteiger partial charge is 0.150 e. The van der Waals surface area contributed by atoms with Crippen molar-refractivity contribution in [3.63, 3.8) is 0 Å². The van der Waals surface area contributed by atoms with Gasteiger partial charge in [0.2, 0.25) is 0 Å². The first kappa shape index (κ1) is 17.4. The normalized spacial score (nSPS) is 11.9. The number of hydrogen-bond donors (Lipinski definition) is 0. The fraction of sp³-hybridized carbons (Fsp3) is 1.00. The van der Waals surface area contributed by atoms with E-state index in [2.05, 4.69) is 22.9 Å². The molecule has 0 spiro atoms. The fourth-order valence-corrected chi connectivity index (χ4v) is 3.92. The molecule has 0 aliphatic rings. The van der Waals surface area contributed by atoms with Crippen molar-refractivity contribution in [2.24, 2.45) is 0 Å². The van der Waals surface area contributed by atoms with Crippen LogP contribution in [0.5, 0.6) is 0 Å². The summed E-state index contributed by atoms with van der Waals surface area (Å²) in [4.78, 5) is 0. The molecular formula is C13H27BrO2S. The van der Waals surface area contributed by atoms with Gasteiger partial charge in [-0.15, -0.1) is 0 Å². The van der Waals surface area contributed by atoms with E-state index in [0.29, 0.717) is 11.5 Å². The Balaban J connectivity index is 3.32. The highest BCUT2D eigenvalue weighted by molar-refractivity contribution is 9.09. The highest BCUT2D eigenvalue weighted by atomic mass is 79.9. The summed E-state index contributed by atoms with van der Waals surface area (Å²) in [5, 5.41) is 0.781. The molecule has 0 unspecified atom stereocenters. The van der Waals surface area contributed by atoms with E-state index >= 15 is 0 Å². The molecule has 0 amide bonds. The third-order valence-corrected chi connectivity index (χ3v) is 5.28. The summed E-state index contributed by atoms with van der Waals surface area (Å²) in [6.45, 7) is 2.22. The van der Waals surface area contributed by atoms with Crippen molar-refractivity contribution in [2.45, 2.75) is 64.7 Å². The lowest BCUT2D eigenvalue weighted by atomic mass is 10.1. The minimum absolute atomic E-state index is 0.342. The molecule has 4 heteroatoms. The van der Waals surface area contributed by atoms with Gasteiger partial charge in [0.05, 0.1) is 11.5 Å². The summed E-state index contributed by atoms with van der Waals surface area (Å²) >= 11 is 3.26. The van der Waals surface area contributed by atoms with Crippen molar-refractivity contribution in [2.75, 3.05) is 16.8 Å². The molecule has 0 aromatic carbocycles. The monoisotopic (exact) mass is 326 g/mol. The molecular weight excluding hydrogens is 300 g/mol. The Kier molecular flexibility index (Phi) is 11.8. The lowest BCUT2D eigenvalue weighted by molar-refractivity contribution is 0.572. The van der Waals surface area contributed by atoms with Gasteiger partial charge in [-0.25, -0.2) is 8.42 Å². The van der Waals surface area contributed by atoms with Gasteiger partial charge in [-0.1, -0.05) is 67.8 Å². The first-order valence-corrected chi connectivity index (χ1v) is 9.83. The van der Waals surface area contributed by atoms with E-state index in [1.165, 1.54) is 38.5 Å². The molecule has 0 aromatic rings. The Morgan fingerprint density at radius 3 is 1.76 bits per heavy atom. The second-order valence-corrected chi connectivity index (χ2v) is 7.77. The summed E-state index contributed by atoms with van der Waals surface area (Å²) in [5.41, 5.74) is 0. The Labute approximate surface area is 116 Å². The molecule has 0 atom stereocenters. The Morgan fingerprint density at radius 1 is 0.765 bits per heavy atom. The number of hydrogen-bond acceptors (Lipinski definition) is 2. The Morgan fingerprint density at radius 2 is 1.24 bits per heavy atom. The molecule has 0 aromatic heterocycles. The molecule has 0 heterocycles. The van der Waals surface area contributed by atoms with Crippen LogP contribution in [0.4, 0.5) is 0 Å². The van der Waals surface area contributed by atoms with Gasteiger partial charge in [-0.2, -0.15) is 0 Å². The van der Waals surface area contributed by atoms with E-state index in [0.717, 1.165) is 24.6 Å². The molecule has 0 saturated carbocycles. The third kappa shape index (κ3) is 12.7. The average Bonchev–Trinajstić information content (AvgIpc) is 2.30. The van der Waals surface area contributed by atoms with Gasteiger partial charge >= 0.3 is 0 Å². The SMILES string of the molecule is CCCCCCCCCCS(=O)(=O)CCCBr. The van der Waals surface area contributed by atoms with E-state index in [1.807, 2.05) is 0 Å². The van der Waals surface area contributed by atoms with E-state index in [-0.39, 0.29) is 0 Å². The topological polar surface area (TPSA) is 34.1 Å². The zero-order chi connectivity index (χ0) is 13.0. The maximum atomic E-state index is 11.5. The minimum atomic E-state index is -2.78. The Hall–Kier alpha value is 0.430. The van der Waals surface area contributed by atoms with Crippen LogP contribution in [0.25, 0.3) is 0 Å². The quantitative estimate of drug-likeness (QED) is 0.395. The summed E-state index contributed by atoms with van der Waals surface area (Å²) < 4.78 is 23.1. The lowest BCUT2D eigenvalue weighted by Gasteiger charge is -2.03. The van der Waals surface area contributed by atoms with Crippen molar-refractivity contribution in [1.29, 1.82) is 0 Å². The predicted octanol–water partition coefficient (Wildman–Crippen LogP) is 4.33. The molecule has 17 heavy (non-hydrogen) atoms. The molecule has 0 N–H and O–H groups in total. The first-order chi connectivity index (χ1) is 8.12. The largest absolute Gasteiger partial charge is 0.229 e. The van der Waals surface area contributed by atoms with Crippen LogP contribution in [-0.2, 0) is 9.84 Å². The van der Waals surface area contributed by atoms with Gasteiger partial charge in [0.25, 0.3) is 0 Å². The number of rotatable bonds is 12. The maximum Gasteiger partial charge on any atom is 0.150 e. The molecule has 104 valence electrons. The second kappa shape index (κ2) is 11.5. The number of unbranched alkanes of at least 4 members (excludes halogenated alkanes) is 7. The molecule has 0 fully saturated rings. The van der Waals surface area contributed by atoms with Gasteiger partial charge in [-0.05, 0) is 12.8 Å². The standard InChI is InChI=1S/C13H27BrO2S/c1-2-3-4-5-6-7-8-9-12-17(15,16)13-10-11-14/h2-13H2,1H3. The molecule has 2 nitrogen and oxygen atoms in total. The summed E-state index contributed by atoms with van der Waals surface area (Å²) in [5.74, 6) is 0.726. The minimum Gasteiger partial charge on any atom is -0.229 e. The van der Waals surface area contributed by atoms with Gasteiger partial charge < -0.3 is 0 Å². The van der Waals surface area contributed by atoms with Crippen LogP contribution in [0.2, 0.25) is 0 Å². The highest BCUT2D eigenvalue weighted by Crippen LogP contribution is 2.09. The van der Waals surface area contributed by atoms with E-state index in [1.54, 1.807) is 0 Å². The average molecular weight is 327 g/mol. The van der Waals surface area contributed by atoms with Crippen LogP contribution in [0.3, 0.4) is 0 Å². The van der Waals surface area contributed by atoms with Crippen LogP contribution in [-0.4, -0.2) is 25.3 Å². The van der Waals surface area contributed by atoms with Crippen LogP contribution in [0, 0.1) is 0 Å². The van der Waals surface area contributed by atoms with Gasteiger partial charge in [0.15, 0.2) is 0 Å². The second-order valence-electron chi connectivity index (χ2n) is 4.67. The van der Waals surface area contributed by atoms with Gasteiger partial charge in [-0.3, -0.25) is 0 Å². The zero-order valence-electron chi connectivity index (χ0n) is 11.1. The molecule has 0 rings (SSSR count). The summed E-state index contributed by atoms with van der Waals surface area (Å²) in [7, 11) is -2.78. The Bertz CT molecular complexity index is 250. The lowest BCUT2D eigenvalue weighted by Crippen LogP contribution is -2.11.